The van der Waals surface area contributed by atoms with Crippen LogP contribution >= 0.6 is 0 Å². The number of carbonyl (C=O) groups is 1. The molecule has 2 aromatic rings. The Balaban J connectivity index is 1.99. The molecule has 0 aliphatic carbocycles. The van der Waals surface area contributed by atoms with Gasteiger partial charge < -0.3 is 15.0 Å². The minimum atomic E-state index is -0.165. The zero-order valence-electron chi connectivity index (χ0n) is 12.3. The summed E-state index contributed by atoms with van der Waals surface area (Å²) in [6.07, 6.45) is 0. The number of amides is 1. The summed E-state index contributed by atoms with van der Waals surface area (Å²) in [5, 5.41) is 11.1. The van der Waals surface area contributed by atoms with Gasteiger partial charge in [-0.3, -0.25) is 4.79 Å². The highest BCUT2D eigenvalue weighted by atomic mass is 16.5. The van der Waals surface area contributed by atoms with Crippen LogP contribution in [0.5, 0.6) is 5.75 Å². The zero-order valence-corrected chi connectivity index (χ0v) is 12.3. The molecule has 0 unspecified atom stereocenters. The normalized spacial score (nSPS) is 10.0. The first kappa shape index (κ1) is 14.8. The Labute approximate surface area is 123 Å². The third-order valence-corrected chi connectivity index (χ3v) is 2.90. The van der Waals surface area contributed by atoms with Crippen LogP contribution in [-0.2, 0) is 6.54 Å². The summed E-state index contributed by atoms with van der Waals surface area (Å²) in [5.74, 6) is 1.27. The van der Waals surface area contributed by atoms with Gasteiger partial charge in [-0.25, -0.2) is 0 Å². The predicted octanol–water partition coefficient (Wildman–Crippen LogP) is 1.80. The molecule has 0 atom stereocenters. The summed E-state index contributed by atoms with van der Waals surface area (Å²) >= 11 is 0. The summed E-state index contributed by atoms with van der Waals surface area (Å²) in [6, 6.07) is 11.2. The van der Waals surface area contributed by atoms with Gasteiger partial charge in [0.1, 0.15) is 11.6 Å². The van der Waals surface area contributed by atoms with E-state index in [2.05, 4.69) is 15.5 Å². The van der Waals surface area contributed by atoms with Crippen molar-refractivity contribution < 1.29 is 9.53 Å². The summed E-state index contributed by atoms with van der Waals surface area (Å²) in [7, 11) is 5.00. The lowest BCUT2D eigenvalue weighted by atomic mass is 10.2. The van der Waals surface area contributed by atoms with Crippen LogP contribution in [-0.4, -0.2) is 42.2 Å². The topological polar surface area (TPSA) is 67.3 Å². The van der Waals surface area contributed by atoms with Crippen molar-refractivity contribution in [2.75, 3.05) is 26.5 Å². The van der Waals surface area contributed by atoms with Gasteiger partial charge >= 0.3 is 0 Å². The molecule has 21 heavy (non-hydrogen) atoms. The average Bonchev–Trinajstić information content (AvgIpc) is 2.53. The molecule has 1 heterocycles. The van der Waals surface area contributed by atoms with Crippen molar-refractivity contribution in [1.82, 2.24) is 15.1 Å². The van der Waals surface area contributed by atoms with E-state index in [-0.39, 0.29) is 5.91 Å². The number of hydrogen-bond acceptors (Lipinski definition) is 5. The van der Waals surface area contributed by atoms with Crippen LogP contribution in [0, 0.1) is 0 Å². The molecule has 0 bridgehead atoms. The van der Waals surface area contributed by atoms with Crippen LogP contribution in [0.1, 0.15) is 16.1 Å². The van der Waals surface area contributed by atoms with Crippen LogP contribution in [0.15, 0.2) is 36.4 Å². The second-order valence-corrected chi connectivity index (χ2v) is 4.71. The van der Waals surface area contributed by atoms with E-state index in [1.54, 1.807) is 33.3 Å². The Morgan fingerprint density at radius 3 is 2.67 bits per heavy atom. The van der Waals surface area contributed by atoms with E-state index in [0.29, 0.717) is 18.1 Å². The molecule has 0 radical (unpaired) electrons. The van der Waals surface area contributed by atoms with E-state index < -0.39 is 0 Å². The van der Waals surface area contributed by atoms with Crippen molar-refractivity contribution in [3.05, 3.63) is 47.7 Å². The first-order valence-corrected chi connectivity index (χ1v) is 6.52. The van der Waals surface area contributed by atoms with Gasteiger partial charge in [-0.15, -0.1) is 10.2 Å². The van der Waals surface area contributed by atoms with Gasteiger partial charge in [0.25, 0.3) is 5.91 Å². The van der Waals surface area contributed by atoms with E-state index in [1.807, 2.05) is 24.3 Å². The first-order valence-electron chi connectivity index (χ1n) is 6.52. The fourth-order valence-electron chi connectivity index (χ4n) is 1.74. The molecule has 0 spiro atoms. The number of hydrogen-bond donors (Lipinski definition) is 1. The lowest BCUT2D eigenvalue weighted by Crippen LogP contribution is -2.23. The van der Waals surface area contributed by atoms with Gasteiger partial charge in [0.05, 0.1) is 7.11 Å². The third-order valence-electron chi connectivity index (χ3n) is 2.90. The molecule has 1 aromatic heterocycles. The lowest BCUT2D eigenvalue weighted by molar-refractivity contribution is 0.0821. The second-order valence-electron chi connectivity index (χ2n) is 4.71. The zero-order chi connectivity index (χ0) is 15.2. The minimum absolute atomic E-state index is 0.165. The van der Waals surface area contributed by atoms with E-state index >= 15 is 0 Å². The van der Waals surface area contributed by atoms with Gasteiger partial charge in [-0.2, -0.15) is 0 Å². The number of benzene rings is 1. The van der Waals surface area contributed by atoms with Gasteiger partial charge in [-0.05, 0) is 29.8 Å². The van der Waals surface area contributed by atoms with Gasteiger partial charge in [0, 0.05) is 20.6 Å². The molecule has 2 rings (SSSR count). The van der Waals surface area contributed by atoms with Crippen molar-refractivity contribution in [3.8, 4) is 5.75 Å². The molecular formula is C15H18N4O2. The van der Waals surface area contributed by atoms with Gasteiger partial charge in [-0.1, -0.05) is 12.1 Å². The van der Waals surface area contributed by atoms with Crippen LogP contribution in [0.4, 0.5) is 5.82 Å². The summed E-state index contributed by atoms with van der Waals surface area (Å²) in [5.41, 5.74) is 1.40. The van der Waals surface area contributed by atoms with Crippen molar-refractivity contribution in [2.45, 2.75) is 6.54 Å². The second kappa shape index (κ2) is 6.69. The molecule has 0 saturated heterocycles. The van der Waals surface area contributed by atoms with Crippen molar-refractivity contribution in [2.24, 2.45) is 0 Å². The lowest BCUT2D eigenvalue weighted by Gasteiger charge is -2.10. The predicted molar refractivity (Wildman–Crippen MR) is 80.4 cm³/mol. The van der Waals surface area contributed by atoms with Crippen LogP contribution in [0.2, 0.25) is 0 Å². The van der Waals surface area contributed by atoms with Crippen molar-refractivity contribution >= 4 is 11.7 Å². The summed E-state index contributed by atoms with van der Waals surface area (Å²) in [4.78, 5) is 13.2. The highest BCUT2D eigenvalue weighted by molar-refractivity contribution is 5.91. The molecule has 1 amide bonds. The number of aromatic nitrogens is 2. The molecular weight excluding hydrogens is 268 g/mol. The first-order chi connectivity index (χ1) is 10.1. The van der Waals surface area contributed by atoms with Crippen molar-refractivity contribution in [3.63, 3.8) is 0 Å². The SMILES string of the molecule is COc1cccc(CNc2ccc(C(=O)N(C)C)nn2)c1. The monoisotopic (exact) mass is 286 g/mol. The molecule has 6 heteroatoms. The van der Waals surface area contributed by atoms with Crippen LogP contribution in [0.25, 0.3) is 0 Å². The van der Waals surface area contributed by atoms with Gasteiger partial charge in [0.2, 0.25) is 0 Å². The number of nitrogens with zero attached hydrogens (tertiary/aromatic N) is 3. The van der Waals surface area contributed by atoms with Crippen LogP contribution in [0.3, 0.4) is 0 Å². The summed E-state index contributed by atoms with van der Waals surface area (Å²) < 4.78 is 5.17. The van der Waals surface area contributed by atoms with E-state index in [1.165, 1.54) is 4.90 Å². The number of carbonyl (C=O) groups excluding carboxylic acids is 1. The quantitative estimate of drug-likeness (QED) is 0.907. The van der Waals surface area contributed by atoms with Gasteiger partial charge in [0.15, 0.2) is 5.69 Å². The Bertz CT molecular complexity index is 611. The molecule has 110 valence electrons. The van der Waals surface area contributed by atoms with E-state index in [4.69, 9.17) is 4.74 Å². The Kier molecular flexibility index (Phi) is 4.71. The summed E-state index contributed by atoms with van der Waals surface area (Å²) in [6.45, 7) is 0.604. The van der Waals surface area contributed by atoms with E-state index in [0.717, 1.165) is 11.3 Å². The average molecular weight is 286 g/mol. The standard InChI is InChI=1S/C15H18N4O2/c1-19(2)15(20)13-7-8-14(18-17-13)16-10-11-5-4-6-12(9-11)21-3/h4-9H,10H2,1-3H3,(H,16,18). The van der Waals surface area contributed by atoms with Crippen LogP contribution < -0.4 is 10.1 Å². The maximum Gasteiger partial charge on any atom is 0.273 e. The third kappa shape index (κ3) is 3.92. The number of anilines is 1. The smallest absolute Gasteiger partial charge is 0.273 e. The molecule has 0 fully saturated rings. The fraction of sp³-hybridized carbons (Fsp3) is 0.267. The molecule has 0 saturated carbocycles. The fourth-order valence-corrected chi connectivity index (χ4v) is 1.74. The number of ether oxygens (including phenoxy) is 1. The molecule has 0 aliphatic heterocycles. The number of nitrogens with one attached hydrogen (secondary N) is 1. The molecule has 0 aliphatic rings. The molecule has 6 nitrogen and oxygen atoms in total. The minimum Gasteiger partial charge on any atom is -0.497 e. The largest absolute Gasteiger partial charge is 0.497 e. The Morgan fingerprint density at radius 2 is 2.05 bits per heavy atom. The van der Waals surface area contributed by atoms with E-state index in [9.17, 15) is 4.79 Å². The molecule has 1 N–H and O–H groups in total. The number of methoxy groups -OCH3 is 1. The maximum absolute atomic E-state index is 11.7. The highest BCUT2D eigenvalue weighted by Crippen LogP contribution is 2.13. The highest BCUT2D eigenvalue weighted by Gasteiger charge is 2.09. The molecule has 1 aromatic carbocycles. The maximum atomic E-state index is 11.7. The number of rotatable bonds is 5. The Hall–Kier alpha value is -2.63. The van der Waals surface area contributed by atoms with Crippen molar-refractivity contribution in [1.29, 1.82) is 0 Å². The Morgan fingerprint density at radius 1 is 1.24 bits per heavy atom.